The molecule has 0 aliphatic heterocycles. The molecule has 0 saturated heterocycles. The van der Waals surface area contributed by atoms with Crippen LogP contribution < -0.4 is 0 Å². The lowest BCUT2D eigenvalue weighted by molar-refractivity contribution is -0.146. The molecule has 0 fully saturated rings. The molecule has 0 saturated carbocycles. The maximum absolute atomic E-state index is 11.4. The lowest BCUT2D eigenvalue weighted by Gasteiger charge is -2.22. The van der Waals surface area contributed by atoms with E-state index in [4.69, 9.17) is 4.74 Å². The van der Waals surface area contributed by atoms with E-state index in [-0.39, 0.29) is 17.3 Å². The van der Waals surface area contributed by atoms with Crippen LogP contribution in [-0.4, -0.2) is 12.6 Å². The van der Waals surface area contributed by atoms with Crippen molar-refractivity contribution < 1.29 is 9.53 Å². The van der Waals surface area contributed by atoms with Crippen molar-refractivity contribution >= 4 is 5.97 Å². The average Bonchev–Trinajstić information content (AvgIpc) is 2.00. The van der Waals surface area contributed by atoms with Crippen LogP contribution in [0.3, 0.4) is 0 Å². The zero-order valence-electron chi connectivity index (χ0n) is 10.0. The van der Waals surface area contributed by atoms with Crippen LogP contribution in [0.2, 0.25) is 0 Å². The smallest absolute Gasteiger partial charge is 0.312 e. The summed E-state index contributed by atoms with van der Waals surface area (Å²) in [5.41, 5.74) is 1.13. The quantitative estimate of drug-likeness (QED) is 0.512. The van der Waals surface area contributed by atoms with Gasteiger partial charge in [0.15, 0.2) is 0 Å². The molecule has 0 spiro atoms. The fourth-order valence-corrected chi connectivity index (χ4v) is 1.27. The SMILES string of the molecule is C=C(CC(C)(C)C)C(C)C(=O)OCC. The molecule has 0 aliphatic rings. The molecular formula is C12H22O2. The van der Waals surface area contributed by atoms with Gasteiger partial charge < -0.3 is 4.74 Å². The molecule has 2 nitrogen and oxygen atoms in total. The fourth-order valence-electron chi connectivity index (χ4n) is 1.27. The molecule has 1 unspecified atom stereocenters. The zero-order chi connectivity index (χ0) is 11.4. The summed E-state index contributed by atoms with van der Waals surface area (Å²) in [7, 11) is 0. The molecule has 0 aromatic carbocycles. The van der Waals surface area contributed by atoms with Gasteiger partial charge in [0.1, 0.15) is 0 Å². The molecule has 0 aromatic rings. The molecular weight excluding hydrogens is 176 g/mol. The standard InChI is InChI=1S/C12H22O2/c1-7-14-11(13)10(3)9(2)8-12(4,5)6/h10H,2,7-8H2,1,3-6H3. The van der Waals surface area contributed by atoms with Gasteiger partial charge in [-0.2, -0.15) is 0 Å². The Morgan fingerprint density at radius 2 is 1.93 bits per heavy atom. The van der Waals surface area contributed by atoms with Gasteiger partial charge in [-0.25, -0.2) is 0 Å². The maximum Gasteiger partial charge on any atom is 0.312 e. The van der Waals surface area contributed by atoms with Crippen molar-refractivity contribution in [2.24, 2.45) is 11.3 Å². The van der Waals surface area contributed by atoms with Crippen molar-refractivity contribution in [2.45, 2.75) is 41.0 Å². The Bertz CT molecular complexity index is 211. The Hall–Kier alpha value is -0.790. The van der Waals surface area contributed by atoms with Crippen LogP contribution in [0.5, 0.6) is 0 Å². The van der Waals surface area contributed by atoms with E-state index in [1.807, 2.05) is 13.8 Å². The monoisotopic (exact) mass is 198 g/mol. The van der Waals surface area contributed by atoms with Crippen molar-refractivity contribution in [3.8, 4) is 0 Å². The minimum Gasteiger partial charge on any atom is -0.466 e. The lowest BCUT2D eigenvalue weighted by Crippen LogP contribution is -2.19. The van der Waals surface area contributed by atoms with Crippen molar-refractivity contribution in [1.29, 1.82) is 0 Å². The van der Waals surface area contributed by atoms with E-state index >= 15 is 0 Å². The van der Waals surface area contributed by atoms with Gasteiger partial charge >= 0.3 is 5.97 Å². The van der Waals surface area contributed by atoms with Crippen LogP contribution >= 0.6 is 0 Å². The molecule has 0 radical (unpaired) electrons. The second-order valence-corrected chi connectivity index (χ2v) is 4.87. The van der Waals surface area contributed by atoms with Crippen molar-refractivity contribution in [3.05, 3.63) is 12.2 Å². The van der Waals surface area contributed by atoms with Gasteiger partial charge in [0.2, 0.25) is 0 Å². The van der Waals surface area contributed by atoms with Crippen molar-refractivity contribution in [1.82, 2.24) is 0 Å². The third kappa shape index (κ3) is 5.05. The zero-order valence-corrected chi connectivity index (χ0v) is 10.0. The number of esters is 1. The molecule has 0 aromatic heterocycles. The molecule has 14 heavy (non-hydrogen) atoms. The van der Waals surface area contributed by atoms with E-state index in [1.165, 1.54) is 0 Å². The first-order valence-electron chi connectivity index (χ1n) is 5.12. The highest BCUT2D eigenvalue weighted by atomic mass is 16.5. The largest absolute Gasteiger partial charge is 0.466 e. The fraction of sp³-hybridized carbons (Fsp3) is 0.750. The highest BCUT2D eigenvalue weighted by Crippen LogP contribution is 2.27. The number of carbonyl (C=O) groups is 1. The first-order valence-corrected chi connectivity index (χ1v) is 5.12. The van der Waals surface area contributed by atoms with E-state index in [1.54, 1.807) is 0 Å². The highest BCUT2D eigenvalue weighted by Gasteiger charge is 2.21. The summed E-state index contributed by atoms with van der Waals surface area (Å²) in [6.45, 7) is 14.5. The Morgan fingerprint density at radius 1 is 1.43 bits per heavy atom. The normalized spacial score (nSPS) is 13.5. The molecule has 1 atom stereocenters. The Labute approximate surface area is 87.3 Å². The number of rotatable bonds is 4. The summed E-state index contributed by atoms with van der Waals surface area (Å²) in [6.07, 6.45) is 0.854. The number of ether oxygens (including phenoxy) is 1. The van der Waals surface area contributed by atoms with Crippen LogP contribution in [-0.2, 0) is 9.53 Å². The summed E-state index contributed by atoms with van der Waals surface area (Å²) in [5.74, 6) is -0.351. The van der Waals surface area contributed by atoms with Crippen molar-refractivity contribution in [2.75, 3.05) is 6.61 Å². The van der Waals surface area contributed by atoms with Gasteiger partial charge in [0.05, 0.1) is 12.5 Å². The lowest BCUT2D eigenvalue weighted by atomic mass is 9.84. The summed E-state index contributed by atoms with van der Waals surface area (Å²) in [4.78, 5) is 11.4. The van der Waals surface area contributed by atoms with Gasteiger partial charge in [-0.1, -0.05) is 32.9 Å². The van der Waals surface area contributed by atoms with Crippen molar-refractivity contribution in [3.63, 3.8) is 0 Å². The molecule has 0 rings (SSSR count). The second-order valence-electron chi connectivity index (χ2n) is 4.87. The highest BCUT2D eigenvalue weighted by molar-refractivity contribution is 5.75. The van der Waals surface area contributed by atoms with E-state index in [9.17, 15) is 4.79 Å². The molecule has 0 bridgehead atoms. The molecule has 0 N–H and O–H groups in total. The third-order valence-corrected chi connectivity index (χ3v) is 2.01. The van der Waals surface area contributed by atoms with Crippen LogP contribution in [0.1, 0.15) is 41.0 Å². The predicted octanol–water partition coefficient (Wildman–Crippen LogP) is 3.18. The minimum atomic E-state index is -0.186. The second kappa shape index (κ2) is 5.18. The van der Waals surface area contributed by atoms with Crippen LogP contribution in [0.15, 0.2) is 12.2 Å². The Balaban J connectivity index is 4.19. The number of carbonyl (C=O) groups excluding carboxylic acids is 1. The molecule has 0 amide bonds. The molecule has 0 heterocycles. The molecule has 0 aliphatic carbocycles. The predicted molar refractivity (Wildman–Crippen MR) is 59.0 cm³/mol. The third-order valence-electron chi connectivity index (χ3n) is 2.01. The minimum absolute atomic E-state index is 0.165. The topological polar surface area (TPSA) is 26.3 Å². The van der Waals surface area contributed by atoms with E-state index < -0.39 is 0 Å². The van der Waals surface area contributed by atoms with E-state index in [2.05, 4.69) is 27.4 Å². The number of hydrogen-bond donors (Lipinski definition) is 0. The van der Waals surface area contributed by atoms with E-state index in [0.717, 1.165) is 12.0 Å². The summed E-state index contributed by atoms with van der Waals surface area (Å²) < 4.78 is 4.94. The van der Waals surface area contributed by atoms with Crippen LogP contribution in [0.4, 0.5) is 0 Å². The summed E-state index contributed by atoms with van der Waals surface area (Å²) >= 11 is 0. The summed E-state index contributed by atoms with van der Waals surface area (Å²) in [6, 6.07) is 0. The Morgan fingerprint density at radius 3 is 2.29 bits per heavy atom. The first-order chi connectivity index (χ1) is 6.28. The Kier molecular flexibility index (Phi) is 4.89. The van der Waals surface area contributed by atoms with Gasteiger partial charge in [0, 0.05) is 0 Å². The van der Waals surface area contributed by atoms with Gasteiger partial charge in [-0.3, -0.25) is 4.79 Å². The first kappa shape index (κ1) is 13.2. The van der Waals surface area contributed by atoms with Crippen LogP contribution in [0.25, 0.3) is 0 Å². The summed E-state index contributed by atoms with van der Waals surface area (Å²) in [5, 5.41) is 0. The molecule has 82 valence electrons. The van der Waals surface area contributed by atoms with Gasteiger partial charge in [0.25, 0.3) is 0 Å². The van der Waals surface area contributed by atoms with Gasteiger partial charge in [-0.15, -0.1) is 0 Å². The van der Waals surface area contributed by atoms with Crippen LogP contribution in [0, 0.1) is 11.3 Å². The maximum atomic E-state index is 11.4. The van der Waals surface area contributed by atoms with Gasteiger partial charge in [-0.05, 0) is 25.7 Å². The average molecular weight is 198 g/mol. The number of hydrogen-bond acceptors (Lipinski definition) is 2. The van der Waals surface area contributed by atoms with E-state index in [0.29, 0.717) is 6.61 Å². The molecule has 2 heteroatoms.